The quantitative estimate of drug-likeness (QED) is 0.172. The second-order valence-corrected chi connectivity index (χ2v) is 19.3. The fraction of sp³-hybridized carbons (Fsp3) is 0.0417. The van der Waals surface area contributed by atoms with Gasteiger partial charge in [-0.25, -0.2) is 0 Å². The normalized spacial score (nSPS) is 14.4. The fourth-order valence-corrected chi connectivity index (χ4v) is 12.3. The van der Waals surface area contributed by atoms with Crippen LogP contribution in [-0.4, -0.2) is 14.9 Å². The van der Waals surface area contributed by atoms with Crippen LogP contribution < -0.4 is 31.0 Å². The maximum absolute atomic E-state index is 2.65. The van der Waals surface area contributed by atoms with Crippen LogP contribution in [0.25, 0.3) is 44.2 Å². The van der Waals surface area contributed by atoms with Crippen LogP contribution >= 0.6 is 0 Å². The van der Waals surface area contributed by atoms with Crippen molar-refractivity contribution in [3.05, 3.63) is 176 Å². The number of anilines is 5. The highest BCUT2D eigenvalue weighted by molar-refractivity contribution is 7.04. The predicted octanol–water partition coefficient (Wildman–Crippen LogP) is 10.0. The topological polar surface area (TPSA) is 6.48 Å². The van der Waals surface area contributed by atoms with E-state index in [1.54, 1.807) is 0 Å². The minimum absolute atomic E-state index is 0.00711. The van der Waals surface area contributed by atoms with Gasteiger partial charge >= 0.3 is 6.85 Å². The lowest BCUT2D eigenvalue weighted by Crippen LogP contribution is -2.67. The monoisotopic (exact) mass is 678 g/mol. The lowest BCUT2D eigenvalue weighted by Gasteiger charge is -2.50. The molecule has 0 fully saturated rings. The van der Waals surface area contributed by atoms with Gasteiger partial charge in [-0.1, -0.05) is 147 Å². The maximum atomic E-state index is 2.65. The molecule has 0 N–H and O–H groups in total. The van der Waals surface area contributed by atoms with E-state index in [9.17, 15) is 0 Å². The van der Waals surface area contributed by atoms with E-state index in [0.29, 0.717) is 0 Å². The van der Waals surface area contributed by atoms with Crippen molar-refractivity contribution in [2.45, 2.75) is 13.1 Å². The summed E-state index contributed by atoms with van der Waals surface area (Å²) in [7, 11) is -2.04. The number of nitrogens with zero attached hydrogens (tertiary/aromatic N) is 2. The van der Waals surface area contributed by atoms with Gasteiger partial charge in [-0.05, 0) is 102 Å². The van der Waals surface area contributed by atoms with Gasteiger partial charge in [-0.15, -0.1) is 0 Å². The third-order valence-electron chi connectivity index (χ3n) is 11.8. The van der Waals surface area contributed by atoms with Gasteiger partial charge in [0.2, 0.25) is 0 Å². The molecule has 0 atom stereocenters. The smallest absolute Gasteiger partial charge is 0.333 e. The number of benzene rings is 8. The highest BCUT2D eigenvalue weighted by atomic mass is 28.3. The van der Waals surface area contributed by atoms with Crippen LogP contribution in [0.1, 0.15) is 0 Å². The average Bonchev–Trinajstić information content (AvgIpc) is 3.20. The molecule has 0 aromatic heterocycles. The van der Waals surface area contributed by atoms with Gasteiger partial charge in [0, 0.05) is 34.0 Å². The van der Waals surface area contributed by atoms with Gasteiger partial charge < -0.3 is 9.71 Å². The van der Waals surface area contributed by atoms with Crippen molar-refractivity contribution in [2.24, 2.45) is 0 Å². The number of hydrogen-bond donors (Lipinski definition) is 0. The molecule has 0 bridgehead atoms. The Hall–Kier alpha value is -6.10. The Morgan fingerprint density at radius 3 is 1.81 bits per heavy atom. The molecule has 2 nitrogen and oxygen atoms in total. The summed E-state index contributed by atoms with van der Waals surface area (Å²) >= 11 is 0. The van der Waals surface area contributed by atoms with Gasteiger partial charge in [0.15, 0.2) is 0 Å². The summed E-state index contributed by atoms with van der Waals surface area (Å²) in [5, 5.41) is 5.51. The Morgan fingerprint density at radius 2 is 1.06 bits per heavy atom. The summed E-state index contributed by atoms with van der Waals surface area (Å²) in [5.41, 5.74) is 16.7. The molecule has 3 heterocycles. The molecule has 52 heavy (non-hydrogen) atoms. The van der Waals surface area contributed by atoms with E-state index < -0.39 is 8.07 Å². The van der Waals surface area contributed by atoms with Crippen LogP contribution in [0.3, 0.4) is 0 Å². The summed E-state index contributed by atoms with van der Waals surface area (Å²) in [6, 6.07) is 65.9. The Bertz CT molecular complexity index is 2720. The van der Waals surface area contributed by atoms with Crippen molar-refractivity contribution >= 4 is 75.4 Å². The van der Waals surface area contributed by atoms with Crippen LogP contribution in [-0.2, 0) is 0 Å². The van der Waals surface area contributed by atoms with Crippen molar-refractivity contribution in [1.82, 2.24) is 0 Å². The Morgan fingerprint density at radius 1 is 0.442 bits per heavy atom. The molecule has 8 aromatic carbocycles. The molecular formula is C48H35BN2Si. The number of hydrogen-bond acceptors (Lipinski definition) is 2. The highest BCUT2D eigenvalue weighted by Crippen LogP contribution is 2.49. The third kappa shape index (κ3) is 4.13. The summed E-state index contributed by atoms with van der Waals surface area (Å²) in [5.74, 6) is 0. The first kappa shape index (κ1) is 29.6. The van der Waals surface area contributed by atoms with Crippen LogP contribution in [0.5, 0.6) is 0 Å². The summed E-state index contributed by atoms with van der Waals surface area (Å²) in [4.78, 5) is 5.27. The zero-order chi connectivity index (χ0) is 34.6. The largest absolute Gasteiger partial charge is 0.376 e. The molecule has 8 aromatic rings. The molecule has 0 radical (unpaired) electrons. The van der Waals surface area contributed by atoms with Gasteiger partial charge in [0.1, 0.15) is 8.07 Å². The standard InChI is InChI=1S/C48H35BN2Si/c1-52(2)45-22-12-11-21-42(45)50-44-31-37(33-16-7-4-8-17-33)29-40-39-28-35-18-9-10-19-36(35)30-43(39)51(49(47(40)44)41-20-13-23-46(52)48(41)50)38-26-24-34(25-27-38)32-14-5-3-6-15-32/h3-31H,1-2H3. The zero-order valence-electron chi connectivity index (χ0n) is 29.2. The number of para-hydroxylation sites is 2. The van der Waals surface area contributed by atoms with Crippen LogP contribution in [0, 0.1) is 0 Å². The maximum Gasteiger partial charge on any atom is 0.333 e. The van der Waals surface area contributed by atoms with Crippen molar-refractivity contribution in [3.8, 4) is 33.4 Å². The van der Waals surface area contributed by atoms with E-state index in [1.807, 2.05) is 0 Å². The van der Waals surface area contributed by atoms with E-state index in [0.717, 1.165) is 0 Å². The molecule has 3 aliphatic heterocycles. The van der Waals surface area contributed by atoms with Gasteiger partial charge in [-0.2, -0.15) is 0 Å². The molecule has 244 valence electrons. The first-order chi connectivity index (χ1) is 25.6. The van der Waals surface area contributed by atoms with E-state index in [2.05, 4.69) is 199 Å². The second kappa shape index (κ2) is 10.9. The van der Waals surface area contributed by atoms with Crippen LogP contribution in [0.15, 0.2) is 176 Å². The lowest BCUT2D eigenvalue weighted by molar-refractivity contribution is 1.27. The Balaban J connectivity index is 1.26. The number of rotatable bonds is 3. The minimum Gasteiger partial charge on any atom is -0.376 e. The van der Waals surface area contributed by atoms with Gasteiger partial charge in [-0.3, -0.25) is 0 Å². The van der Waals surface area contributed by atoms with Crippen molar-refractivity contribution in [3.63, 3.8) is 0 Å². The molecule has 4 heteroatoms. The molecule has 0 saturated carbocycles. The van der Waals surface area contributed by atoms with E-state index >= 15 is 0 Å². The molecule has 3 aliphatic rings. The predicted molar refractivity (Wildman–Crippen MR) is 225 cm³/mol. The minimum atomic E-state index is -2.04. The van der Waals surface area contributed by atoms with Gasteiger partial charge in [0.05, 0.1) is 0 Å². The fourth-order valence-electron chi connectivity index (χ4n) is 9.32. The molecule has 0 amide bonds. The SMILES string of the molecule is C[Si]1(C)c2ccccc2N2c3cc(-c4ccccc4)cc4c3B(c3cccc1c32)N(c1ccc(-c2ccccc2)cc1)c1cc2ccccc2cc1-4. The summed E-state index contributed by atoms with van der Waals surface area (Å²) in [6.45, 7) is 5.05. The van der Waals surface area contributed by atoms with Crippen molar-refractivity contribution < 1.29 is 0 Å². The second-order valence-electron chi connectivity index (χ2n) is 14.9. The summed E-state index contributed by atoms with van der Waals surface area (Å²) < 4.78 is 0. The van der Waals surface area contributed by atoms with Crippen molar-refractivity contribution in [2.75, 3.05) is 9.71 Å². The first-order valence-electron chi connectivity index (χ1n) is 18.3. The third-order valence-corrected chi connectivity index (χ3v) is 15.3. The highest BCUT2D eigenvalue weighted by Gasteiger charge is 2.49. The molecule has 0 spiro atoms. The number of fused-ring (bicyclic) bond motifs is 7. The van der Waals surface area contributed by atoms with Crippen LogP contribution in [0.4, 0.5) is 28.4 Å². The summed E-state index contributed by atoms with van der Waals surface area (Å²) in [6.07, 6.45) is 0. The molecule has 0 aliphatic carbocycles. The van der Waals surface area contributed by atoms with E-state index in [4.69, 9.17) is 0 Å². The molecule has 0 unspecified atom stereocenters. The lowest BCUT2D eigenvalue weighted by atomic mass is 9.43. The average molecular weight is 679 g/mol. The van der Waals surface area contributed by atoms with E-state index in [-0.39, 0.29) is 6.85 Å². The van der Waals surface area contributed by atoms with Crippen molar-refractivity contribution in [1.29, 1.82) is 0 Å². The Kier molecular flexibility index (Phi) is 6.24. The zero-order valence-corrected chi connectivity index (χ0v) is 30.2. The van der Waals surface area contributed by atoms with Gasteiger partial charge in [0.25, 0.3) is 0 Å². The Labute approximate surface area is 306 Å². The molecular weight excluding hydrogens is 643 g/mol. The molecule has 11 rings (SSSR count). The molecule has 0 saturated heterocycles. The van der Waals surface area contributed by atoms with Crippen LogP contribution in [0.2, 0.25) is 13.1 Å². The first-order valence-corrected chi connectivity index (χ1v) is 21.3. The van der Waals surface area contributed by atoms with E-state index in [1.165, 1.54) is 93.9 Å².